The average Bonchev–Trinajstić information content (AvgIpc) is 3.17. The number of piperazine rings is 1. The molecule has 1 aliphatic heterocycles. The van der Waals surface area contributed by atoms with Gasteiger partial charge in [-0.3, -0.25) is 9.59 Å². The van der Waals surface area contributed by atoms with E-state index in [1.54, 1.807) is 40.4 Å². The van der Waals surface area contributed by atoms with Gasteiger partial charge in [-0.15, -0.1) is 0 Å². The highest BCUT2D eigenvalue weighted by Gasteiger charge is 2.25. The summed E-state index contributed by atoms with van der Waals surface area (Å²) in [5.41, 5.74) is 3.04. The lowest BCUT2D eigenvalue weighted by atomic mass is 10.1. The molecular weight excluding hydrogens is 347 g/mol. The Morgan fingerprint density at radius 3 is 2.44 bits per heavy atom. The molecule has 1 saturated heterocycles. The number of nitrogens with zero attached hydrogens (tertiary/aromatic N) is 3. The minimum absolute atomic E-state index is 0.00686. The highest BCUT2D eigenvalue weighted by atomic mass is 19.1. The number of hydrogen-bond donors (Lipinski definition) is 1. The largest absolute Gasteiger partial charge is 0.345 e. The molecule has 0 unspecified atom stereocenters. The number of nitrogens with one attached hydrogen (secondary N) is 1. The van der Waals surface area contributed by atoms with E-state index in [2.05, 4.69) is 9.97 Å². The molecule has 27 heavy (non-hydrogen) atoms. The van der Waals surface area contributed by atoms with Gasteiger partial charge in [0.2, 0.25) is 5.91 Å². The van der Waals surface area contributed by atoms with E-state index in [4.69, 9.17) is 0 Å². The smallest absolute Gasteiger partial charge is 0.254 e. The number of fused-ring (bicyclic) bond motifs is 1. The Morgan fingerprint density at radius 1 is 1.00 bits per heavy atom. The molecule has 2 aromatic carbocycles. The maximum Gasteiger partial charge on any atom is 0.254 e. The summed E-state index contributed by atoms with van der Waals surface area (Å²) >= 11 is 0. The third kappa shape index (κ3) is 3.67. The molecule has 3 aromatic rings. The average molecular weight is 366 g/mol. The van der Waals surface area contributed by atoms with Crippen LogP contribution in [0.25, 0.3) is 11.0 Å². The summed E-state index contributed by atoms with van der Waals surface area (Å²) in [6, 6.07) is 11.4. The Bertz CT molecular complexity index is 975. The van der Waals surface area contributed by atoms with E-state index in [-0.39, 0.29) is 24.1 Å². The third-order valence-electron chi connectivity index (χ3n) is 4.86. The van der Waals surface area contributed by atoms with Gasteiger partial charge in [0.15, 0.2) is 0 Å². The molecule has 0 bridgehead atoms. The maximum absolute atomic E-state index is 13.0. The molecule has 2 amide bonds. The Balaban J connectivity index is 1.35. The fraction of sp³-hybridized carbons (Fsp3) is 0.250. The molecule has 1 aromatic heterocycles. The molecule has 0 spiro atoms. The zero-order valence-electron chi connectivity index (χ0n) is 14.7. The second-order valence-electron chi connectivity index (χ2n) is 6.61. The molecule has 6 nitrogen and oxygen atoms in total. The highest BCUT2D eigenvalue weighted by molar-refractivity contribution is 5.97. The zero-order chi connectivity index (χ0) is 18.8. The van der Waals surface area contributed by atoms with Gasteiger partial charge in [0.05, 0.1) is 23.8 Å². The summed E-state index contributed by atoms with van der Waals surface area (Å²) in [6.07, 6.45) is 1.84. The molecule has 1 fully saturated rings. The van der Waals surface area contributed by atoms with Crippen molar-refractivity contribution in [3.63, 3.8) is 0 Å². The minimum atomic E-state index is -0.313. The minimum Gasteiger partial charge on any atom is -0.345 e. The number of aromatic amines is 1. The van der Waals surface area contributed by atoms with Crippen molar-refractivity contribution in [1.82, 2.24) is 19.8 Å². The van der Waals surface area contributed by atoms with E-state index >= 15 is 0 Å². The molecule has 0 atom stereocenters. The van der Waals surface area contributed by atoms with Gasteiger partial charge in [0, 0.05) is 31.7 Å². The number of carbonyl (C=O) groups excluding carboxylic acids is 2. The van der Waals surface area contributed by atoms with E-state index in [9.17, 15) is 14.0 Å². The van der Waals surface area contributed by atoms with Crippen LogP contribution < -0.4 is 0 Å². The van der Waals surface area contributed by atoms with Crippen molar-refractivity contribution in [2.75, 3.05) is 26.2 Å². The molecule has 138 valence electrons. The van der Waals surface area contributed by atoms with Gasteiger partial charge >= 0.3 is 0 Å². The summed E-state index contributed by atoms with van der Waals surface area (Å²) in [4.78, 5) is 35.8. The number of hydrogen-bond acceptors (Lipinski definition) is 3. The summed E-state index contributed by atoms with van der Waals surface area (Å²) in [5, 5.41) is 0. The van der Waals surface area contributed by atoms with Gasteiger partial charge in [0.25, 0.3) is 5.91 Å². The van der Waals surface area contributed by atoms with E-state index in [1.165, 1.54) is 12.1 Å². The Morgan fingerprint density at radius 2 is 1.70 bits per heavy atom. The van der Waals surface area contributed by atoms with Crippen molar-refractivity contribution in [2.45, 2.75) is 6.42 Å². The number of halogens is 1. The van der Waals surface area contributed by atoms with Crippen molar-refractivity contribution >= 4 is 22.8 Å². The van der Waals surface area contributed by atoms with Crippen LogP contribution in [0.5, 0.6) is 0 Å². The Kier molecular flexibility index (Phi) is 4.58. The Hall–Kier alpha value is -3.22. The molecule has 7 heteroatoms. The maximum atomic E-state index is 13.0. The van der Waals surface area contributed by atoms with Crippen LogP contribution in [0, 0.1) is 5.82 Å². The molecule has 2 heterocycles. The first-order valence-corrected chi connectivity index (χ1v) is 8.85. The van der Waals surface area contributed by atoms with Crippen LogP contribution in [0.4, 0.5) is 4.39 Å². The predicted octanol–water partition coefficient (Wildman–Crippen LogP) is 2.23. The van der Waals surface area contributed by atoms with Crippen LogP contribution in [-0.4, -0.2) is 57.8 Å². The van der Waals surface area contributed by atoms with E-state index in [1.807, 2.05) is 6.07 Å². The highest BCUT2D eigenvalue weighted by Crippen LogP contribution is 2.15. The number of rotatable bonds is 3. The van der Waals surface area contributed by atoms with Crippen LogP contribution in [0.15, 0.2) is 48.8 Å². The van der Waals surface area contributed by atoms with E-state index in [0.29, 0.717) is 31.7 Å². The van der Waals surface area contributed by atoms with E-state index in [0.717, 1.165) is 16.6 Å². The third-order valence-corrected chi connectivity index (χ3v) is 4.86. The summed E-state index contributed by atoms with van der Waals surface area (Å²) < 4.78 is 13.0. The first kappa shape index (κ1) is 17.2. The molecule has 1 N–H and O–H groups in total. The summed E-state index contributed by atoms with van der Waals surface area (Å²) in [5.74, 6) is -0.364. The molecule has 0 aliphatic carbocycles. The number of carbonyl (C=O) groups is 2. The first-order chi connectivity index (χ1) is 13.1. The van der Waals surface area contributed by atoms with Gasteiger partial charge in [-0.05, 0) is 35.9 Å². The lowest BCUT2D eigenvalue weighted by Crippen LogP contribution is -2.51. The molecule has 0 radical (unpaired) electrons. The standard InChI is InChI=1S/C20H19FN4O2/c21-16-4-1-14(2-5-16)11-19(26)24-7-9-25(10-8-24)20(27)15-3-6-17-18(12-15)23-13-22-17/h1-6,12-13H,7-11H2,(H,22,23). The predicted molar refractivity (Wildman–Crippen MR) is 98.7 cm³/mol. The lowest BCUT2D eigenvalue weighted by Gasteiger charge is -2.35. The molecule has 4 rings (SSSR count). The van der Waals surface area contributed by atoms with Gasteiger partial charge in [0.1, 0.15) is 5.82 Å². The number of benzene rings is 2. The van der Waals surface area contributed by atoms with Crippen molar-refractivity contribution in [3.8, 4) is 0 Å². The number of amides is 2. The number of aromatic nitrogens is 2. The fourth-order valence-electron chi connectivity index (χ4n) is 3.30. The SMILES string of the molecule is O=C(Cc1ccc(F)cc1)N1CCN(C(=O)c2ccc3nc[nH]c3c2)CC1. The number of imidazole rings is 1. The second-order valence-corrected chi connectivity index (χ2v) is 6.61. The van der Waals surface area contributed by atoms with Gasteiger partial charge < -0.3 is 14.8 Å². The van der Waals surface area contributed by atoms with Crippen LogP contribution in [-0.2, 0) is 11.2 Å². The van der Waals surface area contributed by atoms with Crippen LogP contribution in [0.3, 0.4) is 0 Å². The summed E-state index contributed by atoms with van der Waals surface area (Å²) in [7, 11) is 0. The van der Waals surface area contributed by atoms with Gasteiger partial charge in [-0.1, -0.05) is 12.1 Å². The van der Waals surface area contributed by atoms with Crippen LogP contribution in [0.1, 0.15) is 15.9 Å². The first-order valence-electron chi connectivity index (χ1n) is 8.85. The van der Waals surface area contributed by atoms with Gasteiger partial charge in [-0.25, -0.2) is 9.37 Å². The van der Waals surface area contributed by atoms with Crippen LogP contribution in [0.2, 0.25) is 0 Å². The van der Waals surface area contributed by atoms with Crippen molar-refractivity contribution in [2.24, 2.45) is 0 Å². The van der Waals surface area contributed by atoms with Crippen LogP contribution >= 0.6 is 0 Å². The number of H-pyrrole nitrogens is 1. The van der Waals surface area contributed by atoms with Crippen molar-refractivity contribution in [1.29, 1.82) is 0 Å². The van der Waals surface area contributed by atoms with Gasteiger partial charge in [-0.2, -0.15) is 0 Å². The fourth-order valence-corrected chi connectivity index (χ4v) is 3.30. The van der Waals surface area contributed by atoms with E-state index < -0.39 is 0 Å². The Labute approximate surface area is 155 Å². The second kappa shape index (κ2) is 7.19. The topological polar surface area (TPSA) is 69.3 Å². The quantitative estimate of drug-likeness (QED) is 0.773. The summed E-state index contributed by atoms with van der Waals surface area (Å²) in [6.45, 7) is 1.99. The van der Waals surface area contributed by atoms with Crippen molar-refractivity contribution in [3.05, 3.63) is 65.7 Å². The molecular formula is C20H19FN4O2. The van der Waals surface area contributed by atoms with Crippen molar-refractivity contribution < 1.29 is 14.0 Å². The monoisotopic (exact) mass is 366 g/mol. The molecule has 0 saturated carbocycles. The zero-order valence-corrected chi connectivity index (χ0v) is 14.7. The molecule has 1 aliphatic rings. The lowest BCUT2D eigenvalue weighted by molar-refractivity contribution is -0.131. The normalized spacial score (nSPS) is 14.6.